The van der Waals surface area contributed by atoms with Crippen LogP contribution in [0.2, 0.25) is 0 Å². The van der Waals surface area contributed by atoms with Gasteiger partial charge in [-0.3, -0.25) is 0 Å². The maximum Gasteiger partial charge on any atom is 0.334 e. The first-order valence-corrected chi connectivity index (χ1v) is 5.51. The molecule has 7 nitrogen and oxygen atoms in total. The monoisotopic (exact) mass is 246 g/mol. The van der Waals surface area contributed by atoms with E-state index in [0.717, 1.165) is 12.8 Å². The Bertz CT molecular complexity index is 284. The van der Waals surface area contributed by atoms with Crippen LogP contribution in [0.1, 0.15) is 12.8 Å². The van der Waals surface area contributed by atoms with Crippen LogP contribution in [0.15, 0.2) is 0 Å². The van der Waals surface area contributed by atoms with Gasteiger partial charge in [-0.2, -0.15) is 0 Å². The number of carboxylic acids is 1. The van der Waals surface area contributed by atoms with Crippen molar-refractivity contribution in [1.82, 2.24) is 10.2 Å². The van der Waals surface area contributed by atoms with Crippen molar-refractivity contribution in [3.05, 3.63) is 0 Å². The quantitative estimate of drug-likeness (QED) is 0.606. The van der Waals surface area contributed by atoms with Crippen molar-refractivity contribution in [3.8, 4) is 0 Å². The minimum Gasteiger partial charge on any atom is -0.479 e. The van der Waals surface area contributed by atoms with E-state index in [9.17, 15) is 9.59 Å². The summed E-state index contributed by atoms with van der Waals surface area (Å²) in [5, 5.41) is 19.8. The van der Waals surface area contributed by atoms with Gasteiger partial charge in [-0.25, -0.2) is 9.59 Å². The number of hydrogen-bond donors (Lipinski definition) is 3. The van der Waals surface area contributed by atoms with Crippen LogP contribution in [0.5, 0.6) is 0 Å². The molecule has 0 spiro atoms. The van der Waals surface area contributed by atoms with Crippen LogP contribution in [-0.4, -0.2) is 66.1 Å². The fraction of sp³-hybridized carbons (Fsp3) is 0.800. The molecule has 0 aromatic rings. The molecular weight excluding hydrogens is 228 g/mol. The second kappa shape index (κ2) is 6.41. The van der Waals surface area contributed by atoms with Crippen LogP contribution in [0.25, 0.3) is 0 Å². The first-order chi connectivity index (χ1) is 8.04. The normalized spacial score (nSPS) is 22.0. The molecular formula is C10H18N2O5. The molecule has 0 aliphatic carbocycles. The van der Waals surface area contributed by atoms with E-state index < -0.39 is 12.1 Å². The van der Waals surface area contributed by atoms with Gasteiger partial charge in [0.2, 0.25) is 0 Å². The molecule has 1 aliphatic heterocycles. The zero-order chi connectivity index (χ0) is 12.8. The summed E-state index contributed by atoms with van der Waals surface area (Å²) < 4.78 is 5.17. The molecule has 1 saturated heterocycles. The van der Waals surface area contributed by atoms with Crippen LogP contribution >= 0.6 is 0 Å². The lowest BCUT2D eigenvalue weighted by Crippen LogP contribution is -2.49. The van der Waals surface area contributed by atoms with E-state index in [-0.39, 0.29) is 18.7 Å². The fourth-order valence-corrected chi connectivity index (χ4v) is 1.70. The Morgan fingerprint density at radius 2 is 2.29 bits per heavy atom. The molecule has 3 N–H and O–H groups in total. The summed E-state index contributed by atoms with van der Waals surface area (Å²) in [6, 6.07) is -0.368. The predicted octanol–water partition coefficient (Wildman–Crippen LogP) is -0.748. The first kappa shape index (κ1) is 13.7. The van der Waals surface area contributed by atoms with E-state index in [4.69, 9.17) is 14.9 Å². The number of nitrogens with zero attached hydrogens (tertiary/aromatic N) is 1. The number of urea groups is 1. The summed E-state index contributed by atoms with van der Waals surface area (Å²) in [6.07, 6.45) is 0.228. The highest BCUT2D eigenvalue weighted by Gasteiger charge is 2.24. The number of hydrogen-bond acceptors (Lipinski definition) is 4. The predicted molar refractivity (Wildman–Crippen MR) is 58.6 cm³/mol. The topological polar surface area (TPSA) is 99.1 Å². The second-order valence-electron chi connectivity index (χ2n) is 3.99. The van der Waals surface area contributed by atoms with Crippen LogP contribution < -0.4 is 5.32 Å². The lowest BCUT2D eigenvalue weighted by atomic mass is 10.1. The third-order valence-electron chi connectivity index (χ3n) is 2.73. The average molecular weight is 246 g/mol. The molecule has 0 bridgehead atoms. The van der Waals surface area contributed by atoms with Crippen LogP contribution in [0.3, 0.4) is 0 Å². The van der Waals surface area contributed by atoms with Crippen molar-refractivity contribution in [3.63, 3.8) is 0 Å². The highest BCUT2D eigenvalue weighted by molar-refractivity contribution is 5.76. The molecule has 1 aliphatic rings. The lowest BCUT2D eigenvalue weighted by Gasteiger charge is -2.32. The van der Waals surface area contributed by atoms with Crippen molar-refractivity contribution >= 4 is 12.0 Å². The smallest absolute Gasteiger partial charge is 0.334 e. The number of amides is 2. The molecule has 0 radical (unpaired) electrons. The number of rotatable bonds is 4. The molecule has 0 aromatic carbocycles. The Labute approximate surface area is 99.4 Å². The number of piperidine rings is 1. The highest BCUT2D eigenvalue weighted by Crippen LogP contribution is 2.12. The summed E-state index contributed by atoms with van der Waals surface area (Å²) >= 11 is 0. The van der Waals surface area contributed by atoms with Gasteiger partial charge < -0.3 is 25.2 Å². The molecule has 2 atom stereocenters. The Balaban J connectivity index is 2.34. The van der Waals surface area contributed by atoms with Crippen molar-refractivity contribution in [1.29, 1.82) is 0 Å². The summed E-state index contributed by atoms with van der Waals surface area (Å²) in [5.41, 5.74) is 0. The number of carbonyl (C=O) groups is 2. The van der Waals surface area contributed by atoms with Crippen LogP contribution in [-0.2, 0) is 9.53 Å². The standard InChI is InChI=1S/C10H18N2O5/c1-17-7-3-2-4-12(6-7)10(16)11-5-8(13)9(14)15/h7-8,13H,2-6H2,1H3,(H,11,16)(H,14,15)/t7?,8-/m0/s1. The molecule has 0 aromatic heterocycles. The lowest BCUT2D eigenvalue weighted by molar-refractivity contribution is -0.146. The van der Waals surface area contributed by atoms with Gasteiger partial charge in [-0.1, -0.05) is 0 Å². The SMILES string of the molecule is COC1CCCN(C(=O)NC[C@H](O)C(=O)O)C1. The third-order valence-corrected chi connectivity index (χ3v) is 2.73. The second-order valence-corrected chi connectivity index (χ2v) is 3.99. The van der Waals surface area contributed by atoms with Crippen molar-refractivity contribution < 1.29 is 24.5 Å². The molecule has 2 amide bonds. The number of carboxylic acid groups (broad SMARTS) is 1. The van der Waals surface area contributed by atoms with E-state index in [1.807, 2.05) is 0 Å². The Kier molecular flexibility index (Phi) is 5.17. The fourth-order valence-electron chi connectivity index (χ4n) is 1.70. The van der Waals surface area contributed by atoms with Gasteiger partial charge in [-0.15, -0.1) is 0 Å². The van der Waals surface area contributed by atoms with E-state index in [0.29, 0.717) is 13.1 Å². The summed E-state index contributed by atoms with van der Waals surface area (Å²) in [7, 11) is 1.60. The van der Waals surface area contributed by atoms with Crippen LogP contribution in [0.4, 0.5) is 4.79 Å². The highest BCUT2D eigenvalue weighted by atomic mass is 16.5. The molecule has 7 heteroatoms. The van der Waals surface area contributed by atoms with E-state index in [1.165, 1.54) is 0 Å². The van der Waals surface area contributed by atoms with Gasteiger partial charge in [0.1, 0.15) is 0 Å². The minimum absolute atomic E-state index is 0.0268. The van der Waals surface area contributed by atoms with Gasteiger partial charge >= 0.3 is 12.0 Å². The van der Waals surface area contributed by atoms with E-state index in [2.05, 4.69) is 5.32 Å². The summed E-state index contributed by atoms with van der Waals surface area (Å²) in [5.74, 6) is -1.35. The van der Waals surface area contributed by atoms with E-state index in [1.54, 1.807) is 12.0 Å². The molecule has 1 fully saturated rings. The molecule has 1 unspecified atom stereocenters. The van der Waals surface area contributed by atoms with Crippen molar-refractivity contribution in [2.45, 2.75) is 25.0 Å². The number of methoxy groups -OCH3 is 1. The molecule has 98 valence electrons. The summed E-state index contributed by atoms with van der Waals surface area (Å²) in [4.78, 5) is 23.6. The number of likely N-dealkylation sites (tertiary alicyclic amines) is 1. The summed E-state index contributed by atoms with van der Waals surface area (Å²) in [6.45, 7) is 0.822. The number of carbonyl (C=O) groups excluding carboxylic acids is 1. The molecule has 1 rings (SSSR count). The average Bonchev–Trinajstić information content (AvgIpc) is 2.35. The Morgan fingerprint density at radius 3 is 2.88 bits per heavy atom. The minimum atomic E-state index is -1.57. The molecule has 0 saturated carbocycles. The van der Waals surface area contributed by atoms with Gasteiger partial charge in [0, 0.05) is 20.2 Å². The molecule has 1 heterocycles. The Morgan fingerprint density at radius 1 is 1.59 bits per heavy atom. The van der Waals surface area contributed by atoms with Crippen molar-refractivity contribution in [2.75, 3.05) is 26.7 Å². The number of aliphatic carboxylic acids is 1. The van der Waals surface area contributed by atoms with E-state index >= 15 is 0 Å². The van der Waals surface area contributed by atoms with Crippen LogP contribution in [0, 0.1) is 0 Å². The van der Waals surface area contributed by atoms with Gasteiger partial charge in [0.25, 0.3) is 0 Å². The zero-order valence-electron chi connectivity index (χ0n) is 9.76. The van der Waals surface area contributed by atoms with Gasteiger partial charge in [0.05, 0.1) is 12.6 Å². The maximum absolute atomic E-state index is 11.6. The number of ether oxygens (including phenoxy) is 1. The number of aliphatic hydroxyl groups is 1. The zero-order valence-corrected chi connectivity index (χ0v) is 9.76. The van der Waals surface area contributed by atoms with Gasteiger partial charge in [0.15, 0.2) is 6.10 Å². The third kappa shape index (κ3) is 4.20. The number of nitrogens with one attached hydrogen (secondary N) is 1. The largest absolute Gasteiger partial charge is 0.479 e. The molecule has 17 heavy (non-hydrogen) atoms. The first-order valence-electron chi connectivity index (χ1n) is 5.51. The Hall–Kier alpha value is -1.34. The maximum atomic E-state index is 11.6. The van der Waals surface area contributed by atoms with Gasteiger partial charge in [-0.05, 0) is 12.8 Å². The number of aliphatic hydroxyl groups excluding tert-OH is 1. The van der Waals surface area contributed by atoms with Crippen molar-refractivity contribution in [2.24, 2.45) is 0 Å².